The van der Waals surface area contributed by atoms with E-state index in [1.165, 1.54) is 38.6 Å². The summed E-state index contributed by atoms with van der Waals surface area (Å²) in [5, 5.41) is -0.0354. The lowest BCUT2D eigenvalue weighted by molar-refractivity contribution is 0.254. The molecule has 2 aliphatic rings. The van der Waals surface area contributed by atoms with E-state index < -0.39 is 0 Å². The molecule has 21 heavy (non-hydrogen) atoms. The number of ether oxygens (including phenoxy) is 1. The van der Waals surface area contributed by atoms with Crippen LogP contribution in [0.2, 0.25) is 0 Å². The number of aryl methyl sites for hydroxylation is 1. The average Bonchev–Trinajstić information content (AvgIpc) is 3.07. The van der Waals surface area contributed by atoms with E-state index in [1.54, 1.807) is 0 Å². The van der Waals surface area contributed by atoms with Crippen LogP contribution in [0.1, 0.15) is 38.7 Å². The molecule has 0 fully saturated rings. The van der Waals surface area contributed by atoms with Crippen molar-refractivity contribution in [2.45, 2.75) is 37.0 Å². The molecule has 4 rings (SSSR count). The van der Waals surface area contributed by atoms with Gasteiger partial charge in [0.15, 0.2) is 0 Å². The van der Waals surface area contributed by atoms with Gasteiger partial charge in [-0.3, -0.25) is 0 Å². The Morgan fingerprint density at radius 1 is 1.29 bits per heavy atom. The molecule has 4 heteroatoms. The van der Waals surface area contributed by atoms with Crippen molar-refractivity contribution in [2.24, 2.45) is 0 Å². The summed E-state index contributed by atoms with van der Waals surface area (Å²) in [5.41, 5.74) is 3.98. The van der Waals surface area contributed by atoms with Crippen LogP contribution in [-0.4, -0.2) is 11.9 Å². The van der Waals surface area contributed by atoms with Crippen LogP contribution in [0.4, 0.5) is 0 Å². The second-order valence-corrected chi connectivity index (χ2v) is 8.47. The highest BCUT2D eigenvalue weighted by molar-refractivity contribution is 7.98. The van der Waals surface area contributed by atoms with Crippen LogP contribution in [0.25, 0.3) is 0 Å². The van der Waals surface area contributed by atoms with Gasteiger partial charge in [-0.25, -0.2) is 0 Å². The van der Waals surface area contributed by atoms with E-state index in [0.29, 0.717) is 0 Å². The van der Waals surface area contributed by atoms with Crippen molar-refractivity contribution in [2.75, 3.05) is 5.75 Å². The van der Waals surface area contributed by atoms with E-state index in [2.05, 4.69) is 31.2 Å². The number of thioether (sulfide) groups is 1. The molecular formula is C17H17ClOS2. The van der Waals surface area contributed by atoms with Gasteiger partial charge in [-0.15, -0.1) is 22.9 Å². The smallest absolute Gasteiger partial charge is 0.123 e. The summed E-state index contributed by atoms with van der Waals surface area (Å²) in [6.07, 6.45) is 2.48. The Morgan fingerprint density at radius 3 is 3.05 bits per heavy atom. The number of rotatable bonds is 2. The maximum absolute atomic E-state index is 6.75. The number of thiophene rings is 1. The number of fused-ring (bicyclic) bond motifs is 2. The van der Waals surface area contributed by atoms with E-state index in [0.717, 1.165) is 17.9 Å². The van der Waals surface area contributed by atoms with Crippen LogP contribution >= 0.6 is 34.7 Å². The zero-order chi connectivity index (χ0) is 14.4. The Hall–Kier alpha value is -0.640. The zero-order valence-electron chi connectivity index (χ0n) is 11.9. The fourth-order valence-electron chi connectivity index (χ4n) is 3.06. The molecule has 0 N–H and O–H groups in total. The van der Waals surface area contributed by atoms with Gasteiger partial charge in [0.05, 0.1) is 5.38 Å². The third-order valence-electron chi connectivity index (χ3n) is 4.11. The molecule has 0 radical (unpaired) electrons. The number of benzene rings is 1. The van der Waals surface area contributed by atoms with Crippen LogP contribution in [0.5, 0.6) is 5.75 Å². The van der Waals surface area contributed by atoms with Gasteiger partial charge < -0.3 is 4.74 Å². The molecule has 2 unspecified atom stereocenters. The molecule has 2 aliphatic heterocycles. The van der Waals surface area contributed by atoms with E-state index in [9.17, 15) is 0 Å². The maximum atomic E-state index is 6.75. The molecular weight excluding hydrogens is 320 g/mol. The minimum atomic E-state index is -0.0354. The molecule has 1 aromatic carbocycles. The Morgan fingerprint density at radius 2 is 2.19 bits per heavy atom. The van der Waals surface area contributed by atoms with Gasteiger partial charge in [-0.1, -0.05) is 12.1 Å². The third kappa shape index (κ3) is 2.60. The molecule has 1 nitrogen and oxygen atoms in total. The average molecular weight is 337 g/mol. The Labute approximate surface area is 138 Å². The standard InChI is InChI=1S/C17H17ClOS2/c1-10-6-12-7-11(2-3-14(12)19-10)17(18)16-8-13-9-20-5-4-15(13)21-16/h2-3,7-8,10,17H,4-6,9H2,1H3. The van der Waals surface area contributed by atoms with Gasteiger partial charge >= 0.3 is 0 Å². The quantitative estimate of drug-likeness (QED) is 0.698. The molecule has 1 aromatic heterocycles. The first kappa shape index (κ1) is 14.0. The minimum Gasteiger partial charge on any atom is -0.490 e. The summed E-state index contributed by atoms with van der Waals surface area (Å²) in [6.45, 7) is 2.11. The van der Waals surface area contributed by atoms with Gasteiger partial charge in [-0.05, 0) is 47.9 Å². The van der Waals surface area contributed by atoms with Gasteiger partial charge in [-0.2, -0.15) is 11.8 Å². The predicted octanol–water partition coefficient (Wildman–Crippen LogP) is 5.19. The number of alkyl halides is 1. The molecule has 0 amide bonds. The van der Waals surface area contributed by atoms with Crippen LogP contribution < -0.4 is 4.74 Å². The Bertz CT molecular complexity index is 656. The van der Waals surface area contributed by atoms with Gasteiger partial charge in [0.1, 0.15) is 11.9 Å². The van der Waals surface area contributed by atoms with Crippen molar-refractivity contribution in [1.29, 1.82) is 0 Å². The molecule has 0 saturated heterocycles. The first-order chi connectivity index (χ1) is 10.2. The van der Waals surface area contributed by atoms with E-state index >= 15 is 0 Å². The van der Waals surface area contributed by atoms with Crippen molar-refractivity contribution >= 4 is 34.7 Å². The van der Waals surface area contributed by atoms with Crippen molar-refractivity contribution in [3.05, 3.63) is 50.7 Å². The third-order valence-corrected chi connectivity index (χ3v) is 7.04. The van der Waals surface area contributed by atoms with Crippen molar-refractivity contribution in [3.63, 3.8) is 0 Å². The summed E-state index contributed by atoms with van der Waals surface area (Å²) >= 11 is 10.7. The SMILES string of the molecule is CC1Cc2cc(C(Cl)c3cc4c(s3)CCSC4)ccc2O1. The molecule has 3 heterocycles. The maximum Gasteiger partial charge on any atom is 0.123 e. The van der Waals surface area contributed by atoms with Crippen molar-refractivity contribution in [3.8, 4) is 5.75 Å². The topological polar surface area (TPSA) is 9.23 Å². The number of hydrogen-bond acceptors (Lipinski definition) is 3. The first-order valence-corrected chi connectivity index (χ1v) is 9.74. The molecule has 0 bridgehead atoms. The summed E-state index contributed by atoms with van der Waals surface area (Å²) in [6, 6.07) is 8.73. The summed E-state index contributed by atoms with van der Waals surface area (Å²) in [5.74, 6) is 3.41. The lowest BCUT2D eigenvalue weighted by Gasteiger charge is -2.09. The highest BCUT2D eigenvalue weighted by atomic mass is 35.5. The van der Waals surface area contributed by atoms with Crippen molar-refractivity contribution < 1.29 is 4.74 Å². The Kier molecular flexibility index (Phi) is 3.68. The monoisotopic (exact) mass is 336 g/mol. The molecule has 2 atom stereocenters. The van der Waals surface area contributed by atoms with E-state index in [-0.39, 0.29) is 11.5 Å². The van der Waals surface area contributed by atoms with Gasteiger partial charge in [0, 0.05) is 21.9 Å². The second-order valence-electron chi connectivity index (χ2n) is 5.76. The zero-order valence-corrected chi connectivity index (χ0v) is 14.3. The predicted molar refractivity (Wildman–Crippen MR) is 92.1 cm³/mol. The number of hydrogen-bond donors (Lipinski definition) is 0. The normalized spacial score (nSPS) is 21.5. The lowest BCUT2D eigenvalue weighted by atomic mass is 10.0. The van der Waals surface area contributed by atoms with Crippen LogP contribution in [0, 0.1) is 0 Å². The lowest BCUT2D eigenvalue weighted by Crippen LogP contribution is -2.05. The fraction of sp³-hybridized carbons (Fsp3) is 0.412. The molecule has 0 aliphatic carbocycles. The molecule has 0 saturated carbocycles. The van der Waals surface area contributed by atoms with Crippen LogP contribution in [0.15, 0.2) is 24.3 Å². The minimum absolute atomic E-state index is 0.0354. The van der Waals surface area contributed by atoms with Crippen molar-refractivity contribution in [1.82, 2.24) is 0 Å². The van der Waals surface area contributed by atoms with Gasteiger partial charge in [0.25, 0.3) is 0 Å². The number of halogens is 1. The summed E-state index contributed by atoms with van der Waals surface area (Å²) in [4.78, 5) is 2.82. The van der Waals surface area contributed by atoms with Crippen LogP contribution in [-0.2, 0) is 18.6 Å². The largest absolute Gasteiger partial charge is 0.490 e. The molecule has 110 valence electrons. The van der Waals surface area contributed by atoms with E-state index in [1.807, 2.05) is 23.1 Å². The van der Waals surface area contributed by atoms with E-state index in [4.69, 9.17) is 16.3 Å². The summed E-state index contributed by atoms with van der Waals surface area (Å²) in [7, 11) is 0. The second kappa shape index (κ2) is 5.53. The Balaban J connectivity index is 1.64. The van der Waals surface area contributed by atoms with Gasteiger partial charge in [0.2, 0.25) is 0 Å². The fourth-order valence-corrected chi connectivity index (χ4v) is 5.77. The van der Waals surface area contributed by atoms with Crippen LogP contribution in [0.3, 0.4) is 0 Å². The summed E-state index contributed by atoms with van der Waals surface area (Å²) < 4.78 is 5.77. The first-order valence-electron chi connectivity index (χ1n) is 7.33. The highest BCUT2D eigenvalue weighted by Gasteiger charge is 2.23. The molecule has 2 aromatic rings. The highest BCUT2D eigenvalue weighted by Crippen LogP contribution is 2.41. The molecule has 0 spiro atoms.